The molecule has 120 valence electrons. The SMILES string of the molecule is CCCC(NOCC)=C1C(=O)CC(c2cccnc2)CC1O. The second kappa shape index (κ2) is 8.06. The van der Waals surface area contributed by atoms with Crippen LogP contribution in [0.15, 0.2) is 35.8 Å². The highest BCUT2D eigenvalue weighted by atomic mass is 16.6. The average Bonchev–Trinajstić information content (AvgIpc) is 2.52. The number of pyridine rings is 1. The molecular formula is C17H24N2O3. The van der Waals surface area contributed by atoms with Crippen LogP contribution in [0, 0.1) is 0 Å². The maximum absolute atomic E-state index is 12.5. The molecule has 1 aromatic heterocycles. The molecule has 2 atom stereocenters. The van der Waals surface area contributed by atoms with Gasteiger partial charge in [-0.05, 0) is 37.3 Å². The first kappa shape index (κ1) is 16.6. The standard InChI is InChI=1S/C17H24N2O3/c1-3-6-14(19-22-4-2)17-15(20)9-13(10-16(17)21)12-7-5-8-18-11-12/h5,7-8,11,13,15,19-20H,3-4,6,9-10H2,1-2H3. The number of ketones is 1. The zero-order chi connectivity index (χ0) is 15.9. The number of nitrogens with zero attached hydrogens (tertiary/aromatic N) is 1. The molecule has 1 aliphatic rings. The average molecular weight is 304 g/mol. The van der Waals surface area contributed by atoms with E-state index in [1.807, 2.05) is 26.0 Å². The summed E-state index contributed by atoms with van der Waals surface area (Å²) in [5.74, 6) is 0.0122. The molecule has 1 saturated carbocycles. The maximum atomic E-state index is 12.5. The van der Waals surface area contributed by atoms with Gasteiger partial charge in [0.05, 0.1) is 12.7 Å². The van der Waals surface area contributed by atoms with Crippen LogP contribution >= 0.6 is 0 Å². The van der Waals surface area contributed by atoms with Gasteiger partial charge in [-0.2, -0.15) is 0 Å². The first-order valence-electron chi connectivity index (χ1n) is 7.89. The van der Waals surface area contributed by atoms with Crippen molar-refractivity contribution in [2.75, 3.05) is 6.61 Å². The molecule has 5 heteroatoms. The summed E-state index contributed by atoms with van der Waals surface area (Å²) in [5, 5.41) is 10.5. The van der Waals surface area contributed by atoms with Crippen molar-refractivity contribution in [3.05, 3.63) is 41.4 Å². The number of aliphatic hydroxyl groups excluding tert-OH is 1. The summed E-state index contributed by atoms with van der Waals surface area (Å²) in [5.41, 5.74) is 5.04. The van der Waals surface area contributed by atoms with E-state index in [2.05, 4.69) is 10.5 Å². The minimum atomic E-state index is -0.763. The molecule has 2 unspecified atom stereocenters. The summed E-state index contributed by atoms with van der Waals surface area (Å²) in [4.78, 5) is 21.9. The number of nitrogens with one attached hydrogen (secondary N) is 1. The second-order valence-electron chi connectivity index (χ2n) is 5.54. The zero-order valence-corrected chi connectivity index (χ0v) is 13.2. The normalized spacial score (nSPS) is 24.2. The molecule has 2 rings (SSSR count). The molecule has 0 radical (unpaired) electrons. The van der Waals surface area contributed by atoms with Gasteiger partial charge < -0.3 is 5.11 Å². The number of hydrogen-bond acceptors (Lipinski definition) is 5. The Labute approximate surface area is 131 Å². The number of hydrogen-bond donors (Lipinski definition) is 2. The smallest absolute Gasteiger partial charge is 0.163 e. The first-order valence-corrected chi connectivity index (χ1v) is 7.89. The molecular weight excluding hydrogens is 280 g/mol. The lowest BCUT2D eigenvalue weighted by Gasteiger charge is -2.29. The maximum Gasteiger partial charge on any atom is 0.163 e. The highest BCUT2D eigenvalue weighted by Crippen LogP contribution is 2.34. The van der Waals surface area contributed by atoms with Crippen molar-refractivity contribution >= 4 is 5.78 Å². The number of carbonyl (C=O) groups excluding carboxylic acids is 1. The van der Waals surface area contributed by atoms with E-state index in [9.17, 15) is 9.90 Å². The van der Waals surface area contributed by atoms with E-state index in [0.717, 1.165) is 12.0 Å². The Morgan fingerprint density at radius 2 is 2.32 bits per heavy atom. The van der Waals surface area contributed by atoms with Gasteiger partial charge in [0.1, 0.15) is 0 Å². The summed E-state index contributed by atoms with van der Waals surface area (Å²) in [7, 11) is 0. The third kappa shape index (κ3) is 3.93. The fourth-order valence-corrected chi connectivity index (χ4v) is 2.88. The third-order valence-corrected chi connectivity index (χ3v) is 3.89. The Hall–Kier alpha value is -1.72. The predicted octanol–water partition coefficient (Wildman–Crippen LogP) is 2.48. The monoisotopic (exact) mass is 304 g/mol. The van der Waals surface area contributed by atoms with Crippen LogP contribution < -0.4 is 5.48 Å². The fraction of sp³-hybridized carbons (Fsp3) is 0.529. The van der Waals surface area contributed by atoms with Crippen molar-refractivity contribution in [3.8, 4) is 0 Å². The number of Topliss-reactive ketones (excluding diaryl/α,β-unsaturated/α-hetero) is 1. The van der Waals surface area contributed by atoms with Gasteiger partial charge in [0.2, 0.25) is 0 Å². The van der Waals surface area contributed by atoms with Crippen LogP contribution in [0.1, 0.15) is 51.0 Å². The van der Waals surface area contributed by atoms with Crippen LogP contribution in [0.4, 0.5) is 0 Å². The summed E-state index contributed by atoms with van der Waals surface area (Å²) in [6.07, 6.45) is 5.22. The lowest BCUT2D eigenvalue weighted by atomic mass is 9.78. The molecule has 5 nitrogen and oxygen atoms in total. The third-order valence-electron chi connectivity index (χ3n) is 3.89. The van der Waals surface area contributed by atoms with Gasteiger partial charge in [0.25, 0.3) is 0 Å². The van der Waals surface area contributed by atoms with Crippen LogP contribution in [0.5, 0.6) is 0 Å². The highest BCUT2D eigenvalue weighted by molar-refractivity contribution is 5.98. The largest absolute Gasteiger partial charge is 0.388 e. The molecule has 1 fully saturated rings. The molecule has 0 bridgehead atoms. The number of rotatable bonds is 6. The van der Waals surface area contributed by atoms with E-state index < -0.39 is 6.10 Å². The summed E-state index contributed by atoms with van der Waals surface area (Å²) >= 11 is 0. The summed E-state index contributed by atoms with van der Waals surface area (Å²) < 4.78 is 0. The van der Waals surface area contributed by atoms with E-state index in [1.165, 1.54) is 0 Å². The molecule has 0 saturated heterocycles. The minimum absolute atomic E-state index is 0.0109. The van der Waals surface area contributed by atoms with Crippen LogP contribution in [0.3, 0.4) is 0 Å². The van der Waals surface area contributed by atoms with Gasteiger partial charge in [-0.15, -0.1) is 0 Å². The molecule has 0 aliphatic heterocycles. The first-order chi connectivity index (χ1) is 10.7. The van der Waals surface area contributed by atoms with E-state index in [0.29, 0.717) is 37.1 Å². The van der Waals surface area contributed by atoms with E-state index in [1.54, 1.807) is 12.4 Å². The van der Waals surface area contributed by atoms with Crippen LogP contribution in [-0.4, -0.2) is 28.6 Å². The quantitative estimate of drug-likeness (QED) is 0.624. The molecule has 22 heavy (non-hydrogen) atoms. The Bertz CT molecular complexity index is 528. The minimum Gasteiger partial charge on any atom is -0.388 e. The molecule has 1 heterocycles. The van der Waals surface area contributed by atoms with Crippen LogP contribution in [-0.2, 0) is 9.63 Å². The van der Waals surface area contributed by atoms with Crippen molar-refractivity contribution < 1.29 is 14.7 Å². The van der Waals surface area contributed by atoms with Crippen molar-refractivity contribution in [1.29, 1.82) is 0 Å². The highest BCUT2D eigenvalue weighted by Gasteiger charge is 2.33. The van der Waals surface area contributed by atoms with Crippen LogP contribution in [0.25, 0.3) is 0 Å². The molecule has 0 amide bonds. The molecule has 1 aromatic rings. The Morgan fingerprint density at radius 3 is 2.91 bits per heavy atom. The van der Waals surface area contributed by atoms with Gasteiger partial charge in [-0.1, -0.05) is 19.4 Å². The summed E-state index contributed by atoms with van der Waals surface area (Å²) in [6.45, 7) is 4.41. The number of aliphatic hydroxyl groups is 1. The van der Waals surface area contributed by atoms with Gasteiger partial charge >= 0.3 is 0 Å². The van der Waals surface area contributed by atoms with E-state index in [4.69, 9.17) is 4.84 Å². The van der Waals surface area contributed by atoms with Gasteiger partial charge in [0, 0.05) is 30.1 Å². The number of allylic oxidation sites excluding steroid dienone is 1. The van der Waals surface area contributed by atoms with Crippen molar-refractivity contribution in [1.82, 2.24) is 10.5 Å². The van der Waals surface area contributed by atoms with Crippen molar-refractivity contribution in [2.45, 2.75) is 51.6 Å². The number of aromatic nitrogens is 1. The predicted molar refractivity (Wildman–Crippen MR) is 83.9 cm³/mol. The molecule has 0 spiro atoms. The van der Waals surface area contributed by atoms with E-state index in [-0.39, 0.29) is 11.7 Å². The van der Waals surface area contributed by atoms with Crippen LogP contribution in [0.2, 0.25) is 0 Å². The van der Waals surface area contributed by atoms with Crippen molar-refractivity contribution in [2.24, 2.45) is 0 Å². The molecule has 2 N–H and O–H groups in total. The Balaban J connectivity index is 2.20. The molecule has 0 aromatic carbocycles. The number of hydroxylamine groups is 1. The van der Waals surface area contributed by atoms with Gasteiger partial charge in [-0.25, -0.2) is 0 Å². The lowest BCUT2D eigenvalue weighted by Crippen LogP contribution is -2.32. The topological polar surface area (TPSA) is 71.5 Å². The van der Waals surface area contributed by atoms with Gasteiger partial charge in [-0.3, -0.25) is 20.1 Å². The number of carbonyl (C=O) groups is 1. The second-order valence-corrected chi connectivity index (χ2v) is 5.54. The zero-order valence-electron chi connectivity index (χ0n) is 13.2. The summed E-state index contributed by atoms with van der Waals surface area (Å²) in [6, 6.07) is 3.81. The van der Waals surface area contributed by atoms with Gasteiger partial charge in [0.15, 0.2) is 5.78 Å². The van der Waals surface area contributed by atoms with E-state index >= 15 is 0 Å². The lowest BCUT2D eigenvalue weighted by molar-refractivity contribution is -0.118. The van der Waals surface area contributed by atoms with Crippen molar-refractivity contribution in [3.63, 3.8) is 0 Å². The Kier molecular flexibility index (Phi) is 6.10. The fourth-order valence-electron chi connectivity index (χ4n) is 2.88. The Morgan fingerprint density at radius 1 is 1.50 bits per heavy atom. The molecule has 1 aliphatic carbocycles.